The number of nitrogens with zero attached hydrogens (tertiary/aromatic N) is 2. The molecule has 0 amide bonds. The number of imidazole rings is 1. The van der Waals surface area contributed by atoms with E-state index in [2.05, 4.69) is 4.98 Å². The Balaban J connectivity index is 1.93. The van der Waals surface area contributed by atoms with Crippen molar-refractivity contribution < 1.29 is 19.0 Å². The van der Waals surface area contributed by atoms with Gasteiger partial charge in [0.15, 0.2) is 17.2 Å². The third-order valence-corrected chi connectivity index (χ3v) is 4.60. The van der Waals surface area contributed by atoms with Crippen LogP contribution in [0.1, 0.15) is 47.4 Å². The molecule has 3 rings (SSSR count). The number of Topliss-reactive ketones (excluding diaryl/α,β-unsaturated/α-hetero) is 1. The fourth-order valence-corrected chi connectivity index (χ4v) is 3.36. The molecule has 0 aliphatic rings. The molecule has 0 saturated carbocycles. The molecule has 6 heteroatoms. The maximum atomic E-state index is 13.2. The molecule has 0 radical (unpaired) electrons. The van der Waals surface area contributed by atoms with Crippen molar-refractivity contribution in [3.63, 3.8) is 0 Å². The number of hydrogen-bond donors (Lipinski definition) is 1. The summed E-state index contributed by atoms with van der Waals surface area (Å²) in [4.78, 5) is 17.6. The van der Waals surface area contributed by atoms with E-state index in [1.54, 1.807) is 29.7 Å². The van der Waals surface area contributed by atoms with Gasteiger partial charge in [-0.3, -0.25) is 9.20 Å². The van der Waals surface area contributed by atoms with Gasteiger partial charge in [-0.15, -0.1) is 0 Å². The second-order valence-electron chi connectivity index (χ2n) is 6.43. The van der Waals surface area contributed by atoms with Gasteiger partial charge in [-0.25, -0.2) is 9.37 Å². The lowest BCUT2D eigenvalue weighted by atomic mass is 9.90. The molecule has 0 unspecified atom stereocenters. The maximum Gasteiger partial charge on any atom is 0.182 e. The summed E-state index contributed by atoms with van der Waals surface area (Å²) in [5, 5.41) is 9.40. The first-order valence-electron chi connectivity index (χ1n) is 9.05. The second kappa shape index (κ2) is 8.31. The highest BCUT2D eigenvalue weighted by molar-refractivity contribution is 5.97. The van der Waals surface area contributed by atoms with Gasteiger partial charge in [-0.2, -0.15) is 0 Å². The summed E-state index contributed by atoms with van der Waals surface area (Å²) in [5.41, 5.74) is 2.59. The van der Waals surface area contributed by atoms with Crippen LogP contribution < -0.4 is 4.74 Å². The summed E-state index contributed by atoms with van der Waals surface area (Å²) >= 11 is 0. The molecule has 1 atom stereocenters. The summed E-state index contributed by atoms with van der Waals surface area (Å²) in [6, 6.07) is 9.72. The van der Waals surface area contributed by atoms with Gasteiger partial charge in [0.1, 0.15) is 11.5 Å². The number of aliphatic hydroxyl groups excluding tert-OH is 1. The van der Waals surface area contributed by atoms with Crippen LogP contribution in [0.5, 0.6) is 5.75 Å². The summed E-state index contributed by atoms with van der Waals surface area (Å²) < 4.78 is 20.6. The Morgan fingerprint density at radius 3 is 2.70 bits per heavy atom. The van der Waals surface area contributed by atoms with Crippen molar-refractivity contribution >= 4 is 11.4 Å². The SMILES string of the molecule is CCOc1cccn2c(C(=O)C[C@@H](CCO)c3ccc(F)cc3)c(C)nc12. The van der Waals surface area contributed by atoms with Gasteiger partial charge in [0.05, 0.1) is 12.3 Å². The van der Waals surface area contributed by atoms with Gasteiger partial charge in [0.2, 0.25) is 0 Å². The molecule has 3 aromatic rings. The van der Waals surface area contributed by atoms with E-state index in [-0.39, 0.29) is 30.5 Å². The number of pyridine rings is 1. The molecule has 27 heavy (non-hydrogen) atoms. The molecule has 142 valence electrons. The molecule has 1 aromatic carbocycles. The highest BCUT2D eigenvalue weighted by Crippen LogP contribution is 2.28. The van der Waals surface area contributed by atoms with Gasteiger partial charge in [0.25, 0.3) is 0 Å². The molecule has 0 aliphatic carbocycles. The molecule has 1 N–H and O–H groups in total. The normalized spacial score (nSPS) is 12.3. The molecule has 0 fully saturated rings. The van der Waals surface area contributed by atoms with E-state index in [0.29, 0.717) is 35.8 Å². The van der Waals surface area contributed by atoms with Crippen LogP contribution in [0.4, 0.5) is 4.39 Å². The number of fused-ring (bicyclic) bond motifs is 1. The van der Waals surface area contributed by atoms with Crippen molar-refractivity contribution in [3.05, 3.63) is 65.4 Å². The van der Waals surface area contributed by atoms with E-state index in [1.165, 1.54) is 12.1 Å². The number of carbonyl (C=O) groups is 1. The zero-order valence-corrected chi connectivity index (χ0v) is 15.5. The van der Waals surface area contributed by atoms with Gasteiger partial charge in [0, 0.05) is 19.2 Å². The Morgan fingerprint density at radius 2 is 2.04 bits per heavy atom. The zero-order chi connectivity index (χ0) is 19.4. The van der Waals surface area contributed by atoms with Crippen LogP contribution in [0.25, 0.3) is 5.65 Å². The fraction of sp³-hybridized carbons (Fsp3) is 0.333. The van der Waals surface area contributed by atoms with Crippen LogP contribution in [0.15, 0.2) is 42.6 Å². The van der Waals surface area contributed by atoms with Gasteiger partial charge >= 0.3 is 0 Å². The fourth-order valence-electron chi connectivity index (χ4n) is 3.36. The number of ketones is 1. The van der Waals surface area contributed by atoms with Crippen molar-refractivity contribution in [2.24, 2.45) is 0 Å². The van der Waals surface area contributed by atoms with E-state index in [1.807, 2.05) is 19.1 Å². The third kappa shape index (κ3) is 4.01. The summed E-state index contributed by atoms with van der Waals surface area (Å²) in [6.45, 7) is 4.16. The van der Waals surface area contributed by atoms with Crippen molar-refractivity contribution in [2.75, 3.05) is 13.2 Å². The maximum absolute atomic E-state index is 13.2. The second-order valence-corrected chi connectivity index (χ2v) is 6.43. The Hall–Kier alpha value is -2.73. The predicted molar refractivity (Wildman–Crippen MR) is 101 cm³/mol. The van der Waals surface area contributed by atoms with E-state index >= 15 is 0 Å². The van der Waals surface area contributed by atoms with Crippen molar-refractivity contribution in [1.82, 2.24) is 9.38 Å². The first-order valence-corrected chi connectivity index (χ1v) is 9.05. The molecule has 0 aliphatic heterocycles. The lowest BCUT2D eigenvalue weighted by Gasteiger charge is -2.16. The average Bonchev–Trinajstić information content (AvgIpc) is 2.99. The van der Waals surface area contributed by atoms with Crippen LogP contribution in [-0.2, 0) is 0 Å². The first-order chi connectivity index (χ1) is 13.0. The number of carbonyl (C=O) groups excluding carboxylic acids is 1. The highest BCUT2D eigenvalue weighted by atomic mass is 19.1. The van der Waals surface area contributed by atoms with Crippen LogP contribution in [0, 0.1) is 12.7 Å². The molecule has 0 spiro atoms. The number of ether oxygens (including phenoxy) is 1. The molecule has 2 heterocycles. The minimum Gasteiger partial charge on any atom is -0.490 e. The number of aliphatic hydroxyl groups is 1. The largest absolute Gasteiger partial charge is 0.490 e. The minimum atomic E-state index is -0.325. The standard InChI is InChI=1S/C21H23FN2O3/c1-3-27-19-5-4-11-24-20(14(2)23-21(19)24)18(26)13-16(10-12-25)15-6-8-17(22)9-7-15/h4-9,11,16,25H,3,10,12-13H2,1-2H3/t16-/m1/s1. The Labute approximate surface area is 157 Å². The zero-order valence-electron chi connectivity index (χ0n) is 15.5. The lowest BCUT2D eigenvalue weighted by Crippen LogP contribution is -2.12. The van der Waals surface area contributed by atoms with Crippen LogP contribution in [0.3, 0.4) is 0 Å². The average molecular weight is 370 g/mol. The lowest BCUT2D eigenvalue weighted by molar-refractivity contribution is 0.0963. The molecule has 0 saturated heterocycles. The molecular weight excluding hydrogens is 347 g/mol. The first kappa shape index (κ1) is 19.0. The monoisotopic (exact) mass is 370 g/mol. The predicted octanol–water partition coefficient (Wildman–Crippen LogP) is 3.92. The van der Waals surface area contributed by atoms with E-state index in [9.17, 15) is 14.3 Å². The summed E-state index contributed by atoms with van der Waals surface area (Å²) in [6.07, 6.45) is 2.43. The summed E-state index contributed by atoms with van der Waals surface area (Å²) in [7, 11) is 0. The van der Waals surface area contributed by atoms with Crippen LogP contribution in [0.2, 0.25) is 0 Å². The quantitative estimate of drug-likeness (QED) is 0.611. The Bertz CT molecular complexity index is 934. The number of rotatable bonds is 8. The summed E-state index contributed by atoms with van der Waals surface area (Å²) in [5.74, 6) is 0.0426. The molecular formula is C21H23FN2O3. The van der Waals surface area contributed by atoms with Crippen LogP contribution in [-0.4, -0.2) is 33.5 Å². The van der Waals surface area contributed by atoms with E-state index in [4.69, 9.17) is 4.74 Å². The molecule has 0 bridgehead atoms. The van der Waals surface area contributed by atoms with Gasteiger partial charge < -0.3 is 9.84 Å². The minimum absolute atomic E-state index is 0.0457. The third-order valence-electron chi connectivity index (χ3n) is 4.60. The number of benzene rings is 1. The van der Waals surface area contributed by atoms with Gasteiger partial charge in [-0.1, -0.05) is 12.1 Å². The number of aromatic nitrogens is 2. The highest BCUT2D eigenvalue weighted by Gasteiger charge is 2.23. The van der Waals surface area contributed by atoms with E-state index < -0.39 is 0 Å². The van der Waals surface area contributed by atoms with Crippen molar-refractivity contribution in [2.45, 2.75) is 32.6 Å². The van der Waals surface area contributed by atoms with Crippen molar-refractivity contribution in [3.8, 4) is 5.75 Å². The number of aryl methyl sites for hydroxylation is 1. The Kier molecular flexibility index (Phi) is 5.86. The Morgan fingerprint density at radius 1 is 1.30 bits per heavy atom. The molecule has 2 aromatic heterocycles. The number of halogens is 1. The van der Waals surface area contributed by atoms with Crippen molar-refractivity contribution in [1.29, 1.82) is 0 Å². The smallest absolute Gasteiger partial charge is 0.182 e. The number of hydrogen-bond acceptors (Lipinski definition) is 4. The van der Waals surface area contributed by atoms with E-state index in [0.717, 1.165) is 5.56 Å². The van der Waals surface area contributed by atoms with Gasteiger partial charge in [-0.05, 0) is 56.0 Å². The van der Waals surface area contributed by atoms with Crippen LogP contribution >= 0.6 is 0 Å². The molecule has 5 nitrogen and oxygen atoms in total. The topological polar surface area (TPSA) is 63.8 Å².